The Morgan fingerprint density at radius 2 is 1.64 bits per heavy atom. The molecular weight excluding hydrogens is 282 g/mol. The van der Waals surface area contributed by atoms with Gasteiger partial charge < -0.3 is 9.47 Å². The lowest BCUT2D eigenvalue weighted by Crippen LogP contribution is -2.45. The van der Waals surface area contributed by atoms with Crippen molar-refractivity contribution in [1.82, 2.24) is 0 Å². The molecule has 4 unspecified atom stereocenters. The SMILES string of the molecule is COC(=O)C1C(C)=NC(C)C(C(=O)OC)C1c1ccccc1. The van der Waals surface area contributed by atoms with E-state index in [1.54, 1.807) is 0 Å². The van der Waals surface area contributed by atoms with Crippen molar-refractivity contribution in [2.45, 2.75) is 25.8 Å². The van der Waals surface area contributed by atoms with E-state index in [-0.39, 0.29) is 23.9 Å². The smallest absolute Gasteiger partial charge is 0.315 e. The van der Waals surface area contributed by atoms with E-state index in [9.17, 15) is 9.59 Å². The summed E-state index contributed by atoms with van der Waals surface area (Å²) in [6.45, 7) is 3.68. The van der Waals surface area contributed by atoms with E-state index in [1.807, 2.05) is 44.2 Å². The molecule has 1 aliphatic heterocycles. The first kappa shape index (κ1) is 16.2. The van der Waals surface area contributed by atoms with Crippen molar-refractivity contribution in [3.8, 4) is 0 Å². The summed E-state index contributed by atoms with van der Waals surface area (Å²) in [5.74, 6) is -2.16. The fourth-order valence-corrected chi connectivity index (χ4v) is 3.25. The second kappa shape index (κ2) is 6.73. The van der Waals surface area contributed by atoms with Crippen LogP contribution in [0, 0.1) is 11.8 Å². The number of benzene rings is 1. The van der Waals surface area contributed by atoms with E-state index in [0.29, 0.717) is 5.71 Å². The summed E-state index contributed by atoms with van der Waals surface area (Å²) < 4.78 is 9.89. The van der Waals surface area contributed by atoms with Gasteiger partial charge in [0.2, 0.25) is 0 Å². The molecule has 1 aromatic carbocycles. The summed E-state index contributed by atoms with van der Waals surface area (Å²) >= 11 is 0. The maximum atomic E-state index is 12.3. The maximum absolute atomic E-state index is 12.3. The first-order valence-corrected chi connectivity index (χ1v) is 7.26. The van der Waals surface area contributed by atoms with Crippen LogP contribution < -0.4 is 0 Å². The van der Waals surface area contributed by atoms with Gasteiger partial charge in [-0.1, -0.05) is 30.3 Å². The normalized spacial score (nSPS) is 27.7. The molecule has 2 rings (SSSR count). The van der Waals surface area contributed by atoms with Crippen molar-refractivity contribution in [1.29, 1.82) is 0 Å². The topological polar surface area (TPSA) is 65.0 Å². The molecule has 22 heavy (non-hydrogen) atoms. The molecule has 1 heterocycles. The Hall–Kier alpha value is -2.17. The Labute approximate surface area is 130 Å². The molecule has 1 aromatic rings. The summed E-state index contributed by atoms with van der Waals surface area (Å²) in [5.41, 5.74) is 1.60. The van der Waals surface area contributed by atoms with Gasteiger partial charge in [-0.05, 0) is 19.4 Å². The maximum Gasteiger partial charge on any atom is 0.315 e. The van der Waals surface area contributed by atoms with Crippen LogP contribution in [0.15, 0.2) is 35.3 Å². The van der Waals surface area contributed by atoms with Crippen molar-refractivity contribution in [2.24, 2.45) is 16.8 Å². The fourth-order valence-electron chi connectivity index (χ4n) is 3.25. The number of aliphatic imine (C=N–C) groups is 1. The summed E-state index contributed by atoms with van der Waals surface area (Å²) in [5, 5.41) is 0. The Balaban J connectivity index is 2.57. The van der Waals surface area contributed by atoms with E-state index < -0.39 is 11.8 Å². The second-order valence-electron chi connectivity index (χ2n) is 5.50. The lowest BCUT2D eigenvalue weighted by atomic mass is 9.70. The number of nitrogens with zero attached hydrogens (tertiary/aromatic N) is 1. The van der Waals surface area contributed by atoms with Crippen molar-refractivity contribution < 1.29 is 19.1 Å². The van der Waals surface area contributed by atoms with Crippen LogP contribution in [0.1, 0.15) is 25.3 Å². The third kappa shape index (κ3) is 2.89. The Bertz CT molecular complexity index is 582. The highest BCUT2D eigenvalue weighted by molar-refractivity contribution is 6.03. The number of methoxy groups -OCH3 is 2. The average Bonchev–Trinajstić information content (AvgIpc) is 2.53. The van der Waals surface area contributed by atoms with Crippen LogP contribution in [-0.4, -0.2) is 37.9 Å². The zero-order valence-electron chi connectivity index (χ0n) is 13.3. The molecule has 0 radical (unpaired) electrons. The minimum absolute atomic E-state index is 0.251. The standard InChI is InChI=1S/C17H21NO4/c1-10-13(16(19)21-3)15(12-8-6-5-7-9-12)14(11(2)18-10)17(20)22-4/h5-10,13-15H,1-4H3. The van der Waals surface area contributed by atoms with Gasteiger partial charge in [0.15, 0.2) is 0 Å². The summed E-state index contributed by atoms with van der Waals surface area (Å²) in [6, 6.07) is 9.27. The fraction of sp³-hybridized carbons (Fsp3) is 0.471. The quantitative estimate of drug-likeness (QED) is 0.803. The van der Waals surface area contributed by atoms with Crippen LogP contribution in [0.2, 0.25) is 0 Å². The van der Waals surface area contributed by atoms with Gasteiger partial charge in [0.1, 0.15) is 5.92 Å². The minimum atomic E-state index is -0.576. The van der Waals surface area contributed by atoms with Crippen molar-refractivity contribution >= 4 is 17.7 Å². The Morgan fingerprint density at radius 1 is 1.05 bits per heavy atom. The number of hydrogen-bond donors (Lipinski definition) is 0. The molecule has 0 bridgehead atoms. The van der Waals surface area contributed by atoms with Gasteiger partial charge >= 0.3 is 11.9 Å². The number of carbonyl (C=O) groups excluding carboxylic acids is 2. The number of hydrogen-bond acceptors (Lipinski definition) is 5. The van der Waals surface area contributed by atoms with E-state index in [1.165, 1.54) is 14.2 Å². The second-order valence-corrected chi connectivity index (χ2v) is 5.50. The largest absolute Gasteiger partial charge is 0.469 e. The van der Waals surface area contributed by atoms with E-state index in [2.05, 4.69) is 4.99 Å². The molecule has 0 spiro atoms. The van der Waals surface area contributed by atoms with Gasteiger partial charge in [0.25, 0.3) is 0 Å². The van der Waals surface area contributed by atoms with Crippen LogP contribution in [0.3, 0.4) is 0 Å². The number of ether oxygens (including phenoxy) is 2. The first-order valence-electron chi connectivity index (χ1n) is 7.26. The molecule has 0 aromatic heterocycles. The molecule has 0 aliphatic carbocycles. The molecule has 5 heteroatoms. The third-order valence-corrected chi connectivity index (χ3v) is 4.24. The molecule has 118 valence electrons. The average molecular weight is 303 g/mol. The molecule has 4 atom stereocenters. The van der Waals surface area contributed by atoms with Crippen LogP contribution in [0.4, 0.5) is 0 Å². The third-order valence-electron chi connectivity index (χ3n) is 4.24. The van der Waals surface area contributed by atoms with Gasteiger partial charge in [-0.25, -0.2) is 0 Å². The van der Waals surface area contributed by atoms with Gasteiger partial charge in [-0.3, -0.25) is 14.6 Å². The van der Waals surface area contributed by atoms with Gasteiger partial charge in [-0.15, -0.1) is 0 Å². The van der Waals surface area contributed by atoms with Gasteiger partial charge in [0.05, 0.1) is 26.2 Å². The highest BCUT2D eigenvalue weighted by Gasteiger charge is 2.47. The van der Waals surface area contributed by atoms with Crippen molar-refractivity contribution in [2.75, 3.05) is 14.2 Å². The molecule has 0 N–H and O–H groups in total. The Morgan fingerprint density at radius 3 is 2.18 bits per heavy atom. The molecule has 0 saturated heterocycles. The van der Waals surface area contributed by atoms with Crippen LogP contribution in [0.25, 0.3) is 0 Å². The van der Waals surface area contributed by atoms with E-state index >= 15 is 0 Å². The Kier molecular flexibility index (Phi) is 4.96. The number of rotatable bonds is 3. The van der Waals surface area contributed by atoms with E-state index in [0.717, 1.165) is 5.56 Å². The van der Waals surface area contributed by atoms with Crippen LogP contribution >= 0.6 is 0 Å². The first-order chi connectivity index (χ1) is 10.5. The highest BCUT2D eigenvalue weighted by atomic mass is 16.5. The molecule has 1 aliphatic rings. The molecule has 5 nitrogen and oxygen atoms in total. The predicted octanol–water partition coefficient (Wildman–Crippen LogP) is 2.21. The molecule has 0 fully saturated rings. The lowest BCUT2D eigenvalue weighted by molar-refractivity contribution is -0.150. The zero-order chi connectivity index (χ0) is 16.3. The molecular formula is C17H21NO4. The molecule has 0 amide bonds. The van der Waals surface area contributed by atoms with Crippen LogP contribution in [0.5, 0.6) is 0 Å². The monoisotopic (exact) mass is 303 g/mol. The van der Waals surface area contributed by atoms with E-state index in [4.69, 9.17) is 9.47 Å². The minimum Gasteiger partial charge on any atom is -0.469 e. The zero-order valence-corrected chi connectivity index (χ0v) is 13.3. The predicted molar refractivity (Wildman–Crippen MR) is 82.8 cm³/mol. The summed E-state index contributed by atoms with van der Waals surface area (Å²) in [4.78, 5) is 29.0. The number of carbonyl (C=O) groups is 2. The van der Waals surface area contributed by atoms with Gasteiger partial charge in [-0.2, -0.15) is 0 Å². The lowest BCUT2D eigenvalue weighted by Gasteiger charge is -2.37. The number of esters is 2. The molecule has 0 saturated carbocycles. The highest BCUT2D eigenvalue weighted by Crippen LogP contribution is 2.40. The summed E-state index contributed by atoms with van der Waals surface area (Å²) in [7, 11) is 2.71. The van der Waals surface area contributed by atoms with Gasteiger partial charge in [0, 0.05) is 11.6 Å². The van der Waals surface area contributed by atoms with Crippen molar-refractivity contribution in [3.05, 3.63) is 35.9 Å². The van der Waals surface area contributed by atoms with Crippen molar-refractivity contribution in [3.63, 3.8) is 0 Å². The summed E-state index contributed by atoms with van der Waals surface area (Å²) in [6.07, 6.45) is 0. The van der Waals surface area contributed by atoms with Crippen LogP contribution in [-0.2, 0) is 19.1 Å².